The van der Waals surface area contributed by atoms with E-state index in [1.165, 1.54) is 7.11 Å². The largest absolute Gasteiger partial charge is 0.467 e. The van der Waals surface area contributed by atoms with Gasteiger partial charge in [-0.15, -0.1) is 0 Å². The molecule has 0 rings (SSSR count). The van der Waals surface area contributed by atoms with Gasteiger partial charge < -0.3 is 50.3 Å². The van der Waals surface area contributed by atoms with Crippen molar-refractivity contribution in [2.75, 3.05) is 20.2 Å². The van der Waals surface area contributed by atoms with E-state index in [1.54, 1.807) is 90.0 Å². The summed E-state index contributed by atoms with van der Waals surface area (Å²) in [7, 11) is 1.24. The van der Waals surface area contributed by atoms with Crippen molar-refractivity contribution in [3.8, 4) is 0 Å². The Morgan fingerprint density at radius 1 is 0.483 bits per heavy atom. The molecule has 5 N–H and O–H groups in total. The average Bonchev–Trinajstić information content (AvgIpc) is 3.02. The van der Waals surface area contributed by atoms with E-state index in [0.29, 0.717) is 64.3 Å². The van der Waals surface area contributed by atoms with Crippen LogP contribution in [0.15, 0.2) is 0 Å². The molecule has 0 aromatic rings. The number of ketones is 1. The van der Waals surface area contributed by atoms with E-state index in [0.717, 1.165) is 0 Å². The summed E-state index contributed by atoms with van der Waals surface area (Å²) < 4.78 is 26.2. The van der Waals surface area contributed by atoms with Gasteiger partial charge in [0.15, 0.2) is 5.78 Å². The SMILES string of the molecule is COC(=O)[C@@](C)(CCCCCC(=O)[C@H](CCCCNC(=O)[C@H](CCCCNC(=O)OC(C)(C)C)NC(=O)OC(C)(C)C)NC(=O)OC(C)(C)C)NC(=O)OC(C)(C)C. The summed E-state index contributed by atoms with van der Waals surface area (Å²) in [6.07, 6.45) is 1.75. The standard InChI is InChI=1S/C41H75N5O12/c1-37(2,3)55-33(50)43-27-21-18-23-29(45-35(52)57-39(7,8)9)31(48)42-26-20-17-22-28(44-34(51)56-38(4,5)6)30(47)24-16-15-19-25-41(13,32(49)54-14)46-36(53)58-40(10,11)12/h28-29H,15-27H2,1-14H3,(H,42,48)(H,43,50)(H,44,51)(H,45,52)(H,46,53)/t28-,29-,41+/m0/s1. The monoisotopic (exact) mass is 830 g/mol. The van der Waals surface area contributed by atoms with E-state index >= 15 is 0 Å². The summed E-state index contributed by atoms with van der Waals surface area (Å²) in [5, 5.41) is 13.5. The molecule has 0 saturated heterocycles. The fourth-order valence-electron chi connectivity index (χ4n) is 5.37. The smallest absolute Gasteiger partial charge is 0.408 e. The van der Waals surface area contributed by atoms with Gasteiger partial charge in [0.1, 0.15) is 34.0 Å². The molecule has 58 heavy (non-hydrogen) atoms. The minimum atomic E-state index is -1.33. The fraction of sp³-hybridized carbons (Fsp3) is 0.829. The Kier molecular flexibility index (Phi) is 22.7. The van der Waals surface area contributed by atoms with Crippen molar-refractivity contribution in [3.63, 3.8) is 0 Å². The van der Waals surface area contributed by atoms with Crippen molar-refractivity contribution in [2.24, 2.45) is 0 Å². The van der Waals surface area contributed by atoms with Gasteiger partial charge in [0, 0.05) is 19.5 Å². The number of carbonyl (C=O) groups is 7. The van der Waals surface area contributed by atoms with E-state index in [9.17, 15) is 33.6 Å². The zero-order valence-electron chi connectivity index (χ0n) is 37.7. The zero-order chi connectivity index (χ0) is 45.0. The highest BCUT2D eigenvalue weighted by molar-refractivity contribution is 5.88. The lowest BCUT2D eigenvalue weighted by atomic mass is 9.93. The van der Waals surface area contributed by atoms with Gasteiger partial charge in [-0.05, 0) is 141 Å². The summed E-state index contributed by atoms with van der Waals surface area (Å²) >= 11 is 0. The summed E-state index contributed by atoms with van der Waals surface area (Å²) in [4.78, 5) is 88.7. The minimum Gasteiger partial charge on any atom is -0.467 e. The van der Waals surface area contributed by atoms with Gasteiger partial charge >= 0.3 is 30.3 Å². The van der Waals surface area contributed by atoms with Crippen molar-refractivity contribution in [3.05, 3.63) is 0 Å². The number of amides is 5. The molecular formula is C41H75N5O12. The van der Waals surface area contributed by atoms with Crippen LogP contribution in [0.25, 0.3) is 0 Å². The summed E-state index contributed by atoms with van der Waals surface area (Å²) in [5.41, 5.74) is -4.26. The summed E-state index contributed by atoms with van der Waals surface area (Å²) in [6, 6.07) is -1.73. The van der Waals surface area contributed by atoms with Crippen molar-refractivity contribution >= 4 is 42.0 Å². The van der Waals surface area contributed by atoms with Crippen molar-refractivity contribution < 1.29 is 57.2 Å². The van der Waals surface area contributed by atoms with Crippen LogP contribution in [0.4, 0.5) is 19.2 Å². The number of nitrogens with one attached hydrogen (secondary N) is 5. The van der Waals surface area contributed by atoms with Crippen LogP contribution in [0.2, 0.25) is 0 Å². The Hall–Kier alpha value is -4.31. The fourth-order valence-corrected chi connectivity index (χ4v) is 5.37. The quantitative estimate of drug-likeness (QED) is 0.0435. The number of hydrogen-bond donors (Lipinski definition) is 5. The third-order valence-electron chi connectivity index (χ3n) is 7.91. The highest BCUT2D eigenvalue weighted by Crippen LogP contribution is 2.20. The molecule has 0 saturated carbocycles. The van der Waals surface area contributed by atoms with E-state index in [1.807, 2.05) is 0 Å². The van der Waals surface area contributed by atoms with Crippen LogP contribution in [0.1, 0.15) is 161 Å². The van der Waals surface area contributed by atoms with Gasteiger partial charge in [0.05, 0.1) is 13.2 Å². The summed E-state index contributed by atoms with van der Waals surface area (Å²) in [5.74, 6) is -1.22. The molecule has 0 aliphatic rings. The average molecular weight is 830 g/mol. The molecule has 0 spiro atoms. The Morgan fingerprint density at radius 2 is 0.914 bits per heavy atom. The Labute approximate surface area is 346 Å². The molecule has 5 amide bonds. The lowest BCUT2D eigenvalue weighted by molar-refractivity contribution is -0.148. The molecule has 0 unspecified atom stereocenters. The van der Waals surface area contributed by atoms with E-state index in [4.69, 9.17) is 23.7 Å². The van der Waals surface area contributed by atoms with Crippen LogP contribution in [-0.2, 0) is 38.1 Å². The predicted octanol–water partition coefficient (Wildman–Crippen LogP) is 6.73. The van der Waals surface area contributed by atoms with Gasteiger partial charge in [-0.2, -0.15) is 0 Å². The highest BCUT2D eigenvalue weighted by atomic mass is 16.6. The molecule has 0 bridgehead atoms. The molecule has 17 nitrogen and oxygen atoms in total. The van der Waals surface area contributed by atoms with Gasteiger partial charge in [0.25, 0.3) is 0 Å². The minimum absolute atomic E-state index is 0.150. The molecule has 0 aliphatic heterocycles. The van der Waals surface area contributed by atoms with Crippen LogP contribution in [0.5, 0.6) is 0 Å². The van der Waals surface area contributed by atoms with Crippen molar-refractivity contribution in [1.82, 2.24) is 26.6 Å². The third kappa shape index (κ3) is 27.3. The number of unbranched alkanes of at least 4 members (excludes halogenated alkanes) is 4. The first-order chi connectivity index (χ1) is 26.4. The first kappa shape index (κ1) is 53.7. The van der Waals surface area contributed by atoms with Crippen LogP contribution in [0.3, 0.4) is 0 Å². The second-order valence-corrected chi connectivity index (χ2v) is 18.6. The molecule has 0 aromatic heterocycles. The number of hydrogen-bond acceptors (Lipinski definition) is 12. The maximum absolute atomic E-state index is 13.4. The second-order valence-electron chi connectivity index (χ2n) is 18.6. The summed E-state index contributed by atoms with van der Waals surface area (Å²) in [6.45, 7) is 22.9. The number of Topliss-reactive ketones (excluding diaryl/α,β-unsaturated/α-hetero) is 1. The van der Waals surface area contributed by atoms with Crippen LogP contribution >= 0.6 is 0 Å². The lowest BCUT2D eigenvalue weighted by Crippen LogP contribution is -2.53. The Bertz CT molecular complexity index is 1340. The topological polar surface area (TPSA) is 226 Å². The lowest BCUT2D eigenvalue weighted by Gasteiger charge is -2.29. The van der Waals surface area contributed by atoms with Gasteiger partial charge in [-0.25, -0.2) is 24.0 Å². The Balaban J connectivity index is 5.31. The van der Waals surface area contributed by atoms with E-state index in [2.05, 4.69) is 26.6 Å². The Morgan fingerprint density at radius 3 is 1.40 bits per heavy atom. The zero-order valence-corrected chi connectivity index (χ0v) is 37.7. The first-order valence-corrected chi connectivity index (χ1v) is 20.3. The van der Waals surface area contributed by atoms with Crippen LogP contribution in [-0.4, -0.2) is 102 Å². The van der Waals surface area contributed by atoms with Gasteiger partial charge in [0.2, 0.25) is 5.91 Å². The maximum atomic E-state index is 13.4. The number of rotatable bonds is 22. The van der Waals surface area contributed by atoms with Crippen molar-refractivity contribution in [1.29, 1.82) is 0 Å². The second kappa shape index (κ2) is 24.6. The van der Waals surface area contributed by atoms with Crippen molar-refractivity contribution in [2.45, 2.75) is 201 Å². The van der Waals surface area contributed by atoms with E-state index in [-0.39, 0.29) is 25.2 Å². The maximum Gasteiger partial charge on any atom is 0.408 e. The van der Waals surface area contributed by atoms with E-state index < -0.39 is 76.3 Å². The number of alkyl carbamates (subject to hydrolysis) is 4. The molecule has 336 valence electrons. The molecule has 0 radical (unpaired) electrons. The van der Waals surface area contributed by atoms with Crippen LogP contribution in [0, 0.1) is 0 Å². The van der Waals surface area contributed by atoms with Gasteiger partial charge in [-0.1, -0.05) is 12.8 Å². The normalized spacial score (nSPS) is 14.0. The highest BCUT2D eigenvalue weighted by Gasteiger charge is 2.37. The predicted molar refractivity (Wildman–Crippen MR) is 219 cm³/mol. The molecule has 0 heterocycles. The number of ether oxygens (including phenoxy) is 5. The molecule has 0 aliphatic carbocycles. The molecule has 0 aromatic carbocycles. The number of methoxy groups -OCH3 is 1. The number of carbonyl (C=O) groups excluding carboxylic acids is 7. The van der Waals surface area contributed by atoms with Gasteiger partial charge in [-0.3, -0.25) is 9.59 Å². The molecule has 17 heteroatoms. The van der Waals surface area contributed by atoms with Crippen LogP contribution < -0.4 is 26.6 Å². The molecule has 0 fully saturated rings. The molecular weight excluding hydrogens is 754 g/mol. The first-order valence-electron chi connectivity index (χ1n) is 20.3. The third-order valence-corrected chi connectivity index (χ3v) is 7.91. The molecule has 3 atom stereocenters. The number of esters is 1.